The molecule has 3 nitrogen and oxygen atoms in total. The zero-order valence-electron chi connectivity index (χ0n) is 13.1. The summed E-state index contributed by atoms with van der Waals surface area (Å²) < 4.78 is 5.55. The van der Waals surface area contributed by atoms with Crippen LogP contribution in [0, 0.1) is 0 Å². The van der Waals surface area contributed by atoms with Gasteiger partial charge in [-0.05, 0) is 32.2 Å². The van der Waals surface area contributed by atoms with Gasteiger partial charge in [0.05, 0.1) is 6.61 Å². The second-order valence-corrected chi connectivity index (χ2v) is 5.69. The number of rotatable bonds is 11. The Labute approximate surface area is 120 Å². The molecule has 0 aliphatic carbocycles. The number of nitrogens with zero attached hydrogens (tertiary/aromatic N) is 1. The first kappa shape index (κ1) is 16.9. The third kappa shape index (κ3) is 7.91. The molecule has 0 saturated carbocycles. The topological polar surface area (TPSA) is 24.5 Å². The third-order valence-electron chi connectivity index (χ3n) is 4.01. The lowest BCUT2D eigenvalue weighted by Crippen LogP contribution is -2.43. The van der Waals surface area contributed by atoms with Gasteiger partial charge >= 0.3 is 0 Å². The maximum Gasteiger partial charge on any atom is 0.0590 e. The van der Waals surface area contributed by atoms with Crippen molar-refractivity contribution in [1.29, 1.82) is 0 Å². The van der Waals surface area contributed by atoms with Crippen molar-refractivity contribution in [2.45, 2.75) is 64.8 Å². The van der Waals surface area contributed by atoms with Crippen LogP contribution < -0.4 is 5.32 Å². The summed E-state index contributed by atoms with van der Waals surface area (Å²) in [6.07, 6.45) is 9.34. The first-order valence-electron chi connectivity index (χ1n) is 8.41. The highest BCUT2D eigenvalue weighted by molar-refractivity contribution is 4.76. The lowest BCUT2D eigenvalue weighted by molar-refractivity contribution is 0.125. The molecule has 1 rings (SSSR count). The third-order valence-corrected chi connectivity index (χ3v) is 4.01. The van der Waals surface area contributed by atoms with Crippen molar-refractivity contribution >= 4 is 0 Å². The molecule has 114 valence electrons. The van der Waals surface area contributed by atoms with Gasteiger partial charge < -0.3 is 10.1 Å². The molecular weight excluding hydrogens is 236 g/mol. The van der Waals surface area contributed by atoms with Gasteiger partial charge in [0.1, 0.15) is 0 Å². The molecule has 1 fully saturated rings. The minimum absolute atomic E-state index is 0.848. The number of hydrogen-bond donors (Lipinski definition) is 1. The molecule has 1 N–H and O–H groups in total. The Hall–Kier alpha value is -0.120. The van der Waals surface area contributed by atoms with E-state index in [1.54, 1.807) is 0 Å². The largest absolute Gasteiger partial charge is 0.380 e. The molecule has 0 bridgehead atoms. The highest BCUT2D eigenvalue weighted by Gasteiger charge is 2.20. The fourth-order valence-corrected chi connectivity index (χ4v) is 2.85. The molecule has 1 aliphatic heterocycles. The molecule has 1 unspecified atom stereocenters. The maximum absolute atomic E-state index is 5.55. The predicted octanol–water partition coefficient (Wildman–Crippen LogP) is 3.05. The van der Waals surface area contributed by atoms with Crippen molar-refractivity contribution in [3.63, 3.8) is 0 Å². The average Bonchev–Trinajstić information content (AvgIpc) is 2.44. The SMILES string of the molecule is CCCCOCCNCCN1CCCCC1CCC. The second kappa shape index (κ2) is 11.7. The van der Waals surface area contributed by atoms with Gasteiger partial charge in [0, 0.05) is 32.3 Å². The van der Waals surface area contributed by atoms with E-state index in [-0.39, 0.29) is 0 Å². The van der Waals surface area contributed by atoms with E-state index < -0.39 is 0 Å². The van der Waals surface area contributed by atoms with Crippen LogP contribution in [0.15, 0.2) is 0 Å². The summed E-state index contributed by atoms with van der Waals surface area (Å²) in [5.41, 5.74) is 0. The van der Waals surface area contributed by atoms with Crippen LogP contribution in [0.1, 0.15) is 58.8 Å². The quantitative estimate of drug-likeness (QED) is 0.584. The Balaban J connectivity index is 1.97. The van der Waals surface area contributed by atoms with Crippen molar-refractivity contribution in [1.82, 2.24) is 10.2 Å². The summed E-state index contributed by atoms with van der Waals surface area (Å²) in [5, 5.41) is 3.51. The Kier molecular flexibility index (Phi) is 10.4. The van der Waals surface area contributed by atoms with E-state index in [0.29, 0.717) is 0 Å². The minimum atomic E-state index is 0.848. The molecule has 1 aliphatic rings. The van der Waals surface area contributed by atoms with Crippen LogP contribution >= 0.6 is 0 Å². The fourth-order valence-electron chi connectivity index (χ4n) is 2.85. The van der Waals surface area contributed by atoms with Crippen molar-refractivity contribution < 1.29 is 4.74 Å². The second-order valence-electron chi connectivity index (χ2n) is 5.69. The van der Waals surface area contributed by atoms with Gasteiger partial charge in [0.2, 0.25) is 0 Å². The number of piperidine rings is 1. The predicted molar refractivity (Wildman–Crippen MR) is 82.7 cm³/mol. The number of nitrogens with one attached hydrogen (secondary N) is 1. The first-order valence-corrected chi connectivity index (χ1v) is 8.41. The van der Waals surface area contributed by atoms with E-state index in [2.05, 4.69) is 24.1 Å². The summed E-state index contributed by atoms with van der Waals surface area (Å²) in [7, 11) is 0. The van der Waals surface area contributed by atoms with Gasteiger partial charge in [0.15, 0.2) is 0 Å². The molecule has 1 saturated heterocycles. The van der Waals surface area contributed by atoms with E-state index in [9.17, 15) is 0 Å². The van der Waals surface area contributed by atoms with Gasteiger partial charge in [0.25, 0.3) is 0 Å². The van der Waals surface area contributed by atoms with Crippen molar-refractivity contribution in [3.8, 4) is 0 Å². The normalized spacial score (nSPS) is 20.8. The van der Waals surface area contributed by atoms with Gasteiger partial charge in [-0.25, -0.2) is 0 Å². The van der Waals surface area contributed by atoms with Crippen LogP contribution in [0.4, 0.5) is 0 Å². The van der Waals surface area contributed by atoms with Crippen LogP contribution in [-0.4, -0.2) is 50.3 Å². The number of unbranched alkanes of at least 4 members (excludes halogenated alkanes) is 1. The van der Waals surface area contributed by atoms with E-state index in [1.807, 2.05) is 0 Å². The molecule has 1 heterocycles. The van der Waals surface area contributed by atoms with Gasteiger partial charge in [-0.1, -0.05) is 33.1 Å². The van der Waals surface area contributed by atoms with Crippen LogP contribution in [0.2, 0.25) is 0 Å². The average molecular weight is 270 g/mol. The summed E-state index contributed by atoms with van der Waals surface area (Å²) >= 11 is 0. The smallest absolute Gasteiger partial charge is 0.0590 e. The molecule has 0 radical (unpaired) electrons. The van der Waals surface area contributed by atoms with Crippen molar-refractivity contribution in [3.05, 3.63) is 0 Å². The lowest BCUT2D eigenvalue weighted by Gasteiger charge is -2.35. The molecule has 0 spiro atoms. The molecule has 19 heavy (non-hydrogen) atoms. The summed E-state index contributed by atoms with van der Waals surface area (Å²) in [5.74, 6) is 0. The van der Waals surface area contributed by atoms with Crippen LogP contribution in [0.3, 0.4) is 0 Å². The summed E-state index contributed by atoms with van der Waals surface area (Å²) in [6, 6.07) is 0.848. The molecule has 3 heteroatoms. The molecule has 0 amide bonds. The Morgan fingerprint density at radius 1 is 1.11 bits per heavy atom. The molecule has 0 aromatic rings. The minimum Gasteiger partial charge on any atom is -0.380 e. The monoisotopic (exact) mass is 270 g/mol. The van der Waals surface area contributed by atoms with E-state index in [4.69, 9.17) is 4.74 Å². The highest BCUT2D eigenvalue weighted by Crippen LogP contribution is 2.19. The molecule has 0 aromatic heterocycles. The Morgan fingerprint density at radius 3 is 2.79 bits per heavy atom. The van der Waals surface area contributed by atoms with Gasteiger partial charge in [-0.3, -0.25) is 4.90 Å². The highest BCUT2D eigenvalue weighted by atomic mass is 16.5. The van der Waals surface area contributed by atoms with E-state index in [1.165, 1.54) is 58.0 Å². The van der Waals surface area contributed by atoms with Gasteiger partial charge in [-0.2, -0.15) is 0 Å². The van der Waals surface area contributed by atoms with Crippen molar-refractivity contribution in [2.24, 2.45) is 0 Å². The summed E-state index contributed by atoms with van der Waals surface area (Å²) in [4.78, 5) is 2.69. The lowest BCUT2D eigenvalue weighted by atomic mass is 9.98. The zero-order valence-corrected chi connectivity index (χ0v) is 13.1. The Bertz CT molecular complexity index is 197. The van der Waals surface area contributed by atoms with Crippen molar-refractivity contribution in [2.75, 3.05) is 39.4 Å². The maximum atomic E-state index is 5.55. The molecular formula is C16H34N2O. The van der Waals surface area contributed by atoms with E-state index in [0.717, 1.165) is 32.3 Å². The van der Waals surface area contributed by atoms with Gasteiger partial charge in [-0.15, -0.1) is 0 Å². The van der Waals surface area contributed by atoms with Crippen LogP contribution in [0.5, 0.6) is 0 Å². The van der Waals surface area contributed by atoms with Crippen LogP contribution in [0.25, 0.3) is 0 Å². The number of hydrogen-bond acceptors (Lipinski definition) is 3. The van der Waals surface area contributed by atoms with E-state index >= 15 is 0 Å². The molecule has 0 aromatic carbocycles. The standard InChI is InChI=1S/C16H34N2O/c1-3-5-14-19-15-11-17-10-13-18-12-7-6-9-16(18)8-4-2/h16-17H,3-15H2,1-2H3. The first-order chi connectivity index (χ1) is 9.38. The fraction of sp³-hybridized carbons (Fsp3) is 1.00. The zero-order chi connectivity index (χ0) is 13.8. The number of ether oxygens (including phenoxy) is 1. The number of likely N-dealkylation sites (tertiary alicyclic amines) is 1. The Morgan fingerprint density at radius 2 is 2.00 bits per heavy atom. The molecule has 1 atom stereocenters. The summed E-state index contributed by atoms with van der Waals surface area (Å²) in [6.45, 7) is 10.9. The van der Waals surface area contributed by atoms with Crippen LogP contribution in [-0.2, 0) is 4.74 Å².